The van der Waals surface area contributed by atoms with E-state index in [4.69, 9.17) is 0 Å². The van der Waals surface area contributed by atoms with E-state index in [1.165, 1.54) is 25.0 Å². The highest BCUT2D eigenvalue weighted by atomic mass is 19.1. The average Bonchev–Trinajstić information content (AvgIpc) is 2.92. The number of fused-ring (bicyclic) bond motifs is 1. The number of hydrogen-bond donors (Lipinski definition) is 1. The van der Waals surface area contributed by atoms with Gasteiger partial charge in [-0.05, 0) is 40.8 Å². The number of likely N-dealkylation sites (tertiary alicyclic amines) is 1. The average molecular weight is 273 g/mol. The molecule has 4 heteroatoms. The SMILES string of the molecule is Oc1ccc(CCN2CC3CC4(C#[N+]4)CC3C2)cc1F. The molecule has 0 amide bonds. The Hall–Kier alpha value is -1.60. The van der Waals surface area contributed by atoms with Gasteiger partial charge in [-0.1, -0.05) is 6.07 Å². The van der Waals surface area contributed by atoms with Crippen molar-refractivity contribution in [2.24, 2.45) is 11.8 Å². The first kappa shape index (κ1) is 12.2. The summed E-state index contributed by atoms with van der Waals surface area (Å²) in [6.07, 6.45) is 3.20. The maximum absolute atomic E-state index is 13.3. The molecule has 0 bridgehead atoms. The molecule has 20 heavy (non-hydrogen) atoms. The van der Waals surface area contributed by atoms with Crippen LogP contribution < -0.4 is 0 Å². The monoisotopic (exact) mass is 273 g/mol. The highest BCUT2D eigenvalue weighted by Crippen LogP contribution is 2.50. The van der Waals surface area contributed by atoms with E-state index in [1.807, 2.05) is 0 Å². The van der Waals surface area contributed by atoms with Gasteiger partial charge < -0.3 is 10.0 Å². The van der Waals surface area contributed by atoms with E-state index in [9.17, 15) is 9.50 Å². The van der Waals surface area contributed by atoms with Gasteiger partial charge in [0.05, 0.1) is 12.8 Å². The Morgan fingerprint density at radius 3 is 2.65 bits per heavy atom. The first-order valence-electron chi connectivity index (χ1n) is 7.32. The zero-order valence-electron chi connectivity index (χ0n) is 11.3. The van der Waals surface area contributed by atoms with Crippen molar-refractivity contribution in [3.05, 3.63) is 34.4 Å². The fraction of sp³-hybridized carbons (Fsp3) is 0.562. The van der Waals surface area contributed by atoms with Crippen LogP contribution in [0.25, 0.3) is 4.85 Å². The molecule has 0 radical (unpaired) electrons. The van der Waals surface area contributed by atoms with E-state index in [-0.39, 0.29) is 11.3 Å². The molecule has 1 N–H and O–H groups in total. The Balaban J connectivity index is 1.32. The topological polar surface area (TPSA) is 27.8 Å². The van der Waals surface area contributed by atoms with Crippen LogP contribution >= 0.6 is 0 Å². The zero-order chi connectivity index (χ0) is 13.7. The first-order chi connectivity index (χ1) is 9.63. The van der Waals surface area contributed by atoms with Gasteiger partial charge in [0.1, 0.15) is 0 Å². The maximum Gasteiger partial charge on any atom is 0.407 e. The van der Waals surface area contributed by atoms with E-state index in [0.717, 1.165) is 43.5 Å². The Labute approximate surface area is 117 Å². The van der Waals surface area contributed by atoms with Gasteiger partial charge in [-0.15, -0.1) is 0 Å². The molecule has 1 aliphatic carbocycles. The van der Waals surface area contributed by atoms with Gasteiger partial charge in [-0.25, -0.2) is 4.39 Å². The van der Waals surface area contributed by atoms with Crippen LogP contribution in [0.4, 0.5) is 4.39 Å². The minimum absolute atomic E-state index is 0.154. The zero-order valence-corrected chi connectivity index (χ0v) is 11.3. The number of rotatable bonds is 3. The number of hydrogen-bond acceptors (Lipinski definition) is 2. The number of benzene rings is 1. The second-order valence-electron chi connectivity index (χ2n) is 6.48. The van der Waals surface area contributed by atoms with Gasteiger partial charge in [0.15, 0.2) is 11.6 Å². The third-order valence-electron chi connectivity index (χ3n) is 5.01. The van der Waals surface area contributed by atoms with Crippen molar-refractivity contribution in [3.8, 4) is 11.8 Å². The molecular weight excluding hydrogens is 255 g/mol. The molecule has 4 rings (SSSR count). The molecule has 104 valence electrons. The minimum atomic E-state index is -0.524. The van der Waals surface area contributed by atoms with Gasteiger partial charge in [0.2, 0.25) is 0 Å². The van der Waals surface area contributed by atoms with Crippen LogP contribution in [0.5, 0.6) is 5.75 Å². The van der Waals surface area contributed by atoms with Gasteiger partial charge in [0, 0.05) is 19.6 Å². The molecule has 1 aromatic carbocycles. The summed E-state index contributed by atoms with van der Waals surface area (Å²) in [5, 5.41) is 9.19. The predicted molar refractivity (Wildman–Crippen MR) is 74.4 cm³/mol. The second-order valence-corrected chi connectivity index (χ2v) is 6.48. The minimum Gasteiger partial charge on any atom is -0.505 e. The molecule has 1 aromatic rings. The van der Waals surface area contributed by atoms with Crippen molar-refractivity contribution in [2.45, 2.75) is 24.8 Å². The van der Waals surface area contributed by atoms with E-state index in [1.54, 1.807) is 6.07 Å². The highest BCUT2D eigenvalue weighted by molar-refractivity contribution is 5.39. The van der Waals surface area contributed by atoms with Crippen molar-refractivity contribution in [3.63, 3.8) is 0 Å². The largest absolute Gasteiger partial charge is 0.505 e. The van der Waals surface area contributed by atoms with Crippen LogP contribution in [-0.4, -0.2) is 35.2 Å². The molecule has 1 saturated carbocycles. The van der Waals surface area contributed by atoms with Crippen LogP contribution in [0, 0.1) is 23.7 Å². The Morgan fingerprint density at radius 1 is 1.35 bits per heavy atom. The Bertz CT molecular complexity index is 595. The molecule has 1 saturated heterocycles. The molecule has 1 spiro atoms. The van der Waals surface area contributed by atoms with Gasteiger partial charge in [-0.3, -0.25) is 0 Å². The Morgan fingerprint density at radius 2 is 2.05 bits per heavy atom. The lowest BCUT2D eigenvalue weighted by Gasteiger charge is -2.16. The Kier molecular flexibility index (Phi) is 2.55. The lowest BCUT2D eigenvalue weighted by Crippen LogP contribution is -2.26. The van der Waals surface area contributed by atoms with E-state index in [2.05, 4.69) is 15.8 Å². The summed E-state index contributed by atoms with van der Waals surface area (Å²) in [6, 6.07) is 7.84. The van der Waals surface area contributed by atoms with E-state index < -0.39 is 5.82 Å². The predicted octanol–water partition coefficient (Wildman–Crippen LogP) is 2.50. The van der Waals surface area contributed by atoms with Crippen LogP contribution in [0.15, 0.2) is 18.2 Å². The lowest BCUT2D eigenvalue weighted by atomic mass is 10.0. The standard InChI is InChI=1S/C16H17FN2O/c17-14-5-11(1-2-15(14)20)3-4-19-8-12-6-16(10-18-16)7-13(12)9-19/h1-2,5,12-13H,3-4,6-9H2/p+1. The number of nitrogens with zero attached hydrogens (tertiary/aromatic N) is 2. The van der Waals surface area contributed by atoms with Gasteiger partial charge in [-0.2, -0.15) is 0 Å². The molecular formula is C16H18FN2O+. The number of halogens is 1. The summed E-state index contributed by atoms with van der Waals surface area (Å²) in [7, 11) is 0. The maximum atomic E-state index is 13.3. The summed E-state index contributed by atoms with van der Waals surface area (Å²) in [5.41, 5.74) is 1.11. The van der Waals surface area contributed by atoms with Gasteiger partial charge in [0.25, 0.3) is 0 Å². The van der Waals surface area contributed by atoms with Crippen molar-refractivity contribution in [2.75, 3.05) is 19.6 Å². The summed E-state index contributed by atoms with van der Waals surface area (Å²) < 4.78 is 13.3. The second kappa shape index (κ2) is 4.20. The van der Waals surface area contributed by atoms with Gasteiger partial charge >= 0.3 is 11.6 Å². The number of phenols is 1. The smallest absolute Gasteiger partial charge is 0.407 e. The summed E-state index contributed by atoms with van der Waals surface area (Å²) >= 11 is 0. The third-order valence-corrected chi connectivity index (χ3v) is 5.01. The molecule has 2 unspecified atom stereocenters. The normalized spacial score (nSPS) is 34.0. The number of aromatic hydroxyl groups is 1. The summed E-state index contributed by atoms with van der Waals surface area (Å²) in [6.45, 7) is 3.25. The van der Waals surface area contributed by atoms with E-state index in [0.29, 0.717) is 0 Å². The van der Waals surface area contributed by atoms with Crippen LogP contribution in [0.2, 0.25) is 0 Å². The summed E-state index contributed by atoms with van der Waals surface area (Å²) in [5.74, 6) is 0.746. The fourth-order valence-electron chi connectivity index (χ4n) is 3.89. The summed E-state index contributed by atoms with van der Waals surface area (Å²) in [4.78, 5) is 6.80. The van der Waals surface area contributed by atoms with Crippen molar-refractivity contribution < 1.29 is 9.50 Å². The van der Waals surface area contributed by atoms with Crippen molar-refractivity contribution in [1.29, 1.82) is 0 Å². The van der Waals surface area contributed by atoms with Crippen molar-refractivity contribution >= 4 is 0 Å². The molecule has 0 aromatic heterocycles. The fourth-order valence-corrected chi connectivity index (χ4v) is 3.89. The lowest BCUT2D eigenvalue weighted by molar-refractivity contribution is 0.310. The van der Waals surface area contributed by atoms with Crippen molar-refractivity contribution in [1.82, 2.24) is 4.90 Å². The van der Waals surface area contributed by atoms with Crippen LogP contribution in [0.1, 0.15) is 18.4 Å². The quantitative estimate of drug-likeness (QED) is 0.916. The highest BCUT2D eigenvalue weighted by Gasteiger charge is 2.65. The number of phenolic OH excluding ortho intramolecular Hbond substituents is 1. The third kappa shape index (κ3) is 2.06. The van der Waals surface area contributed by atoms with Crippen LogP contribution in [0.3, 0.4) is 0 Å². The molecule has 3 aliphatic rings. The molecule has 3 nitrogen and oxygen atoms in total. The van der Waals surface area contributed by atoms with Crippen LogP contribution in [-0.2, 0) is 6.42 Å². The first-order valence-corrected chi connectivity index (χ1v) is 7.32. The molecule has 2 aliphatic heterocycles. The molecule has 2 atom stereocenters. The molecule has 2 fully saturated rings. The van der Waals surface area contributed by atoms with E-state index >= 15 is 0 Å². The molecule has 2 heterocycles.